The molecule has 0 N–H and O–H groups in total. The standard InChI is InChI=1S/C66H48N2.C48H31N3.CH4.H2/c1-6-16-49(17-7-1)53-26-37-60(38-27-53)67(61-39-28-54(29-40-61)50-18-8-2-9-19-50)62-41-30-56(31-42-62)57-34-45-64(46-35-57)68(63-43-32-55(33-44-63)51-20-10-3-11-21-51)66-47-36-59(52-22-12-4-13-23-52)48-65(66)58-24-14-5-15-25-58;1-3-13-34(14-4-1)49-43-20-10-7-17-37(43)40-29-32(23-26-46(40)49)33-24-27-47-41(30-33)38-18-8-12-22-45(38)51(47)36-25-28-48-42(31-36)39-19-9-11-21-44(39)50(48)35-15-5-2-6-16-35;;/h1-48H;1-31H;1H4;1H. The van der Waals surface area contributed by atoms with Crippen LogP contribution in [0.15, 0.2) is 479 Å². The Morgan fingerprint density at radius 3 is 0.733 bits per heavy atom. The summed E-state index contributed by atoms with van der Waals surface area (Å²) in [5, 5.41) is 7.53. The van der Waals surface area contributed by atoms with Gasteiger partial charge in [0.25, 0.3) is 0 Å². The van der Waals surface area contributed by atoms with Crippen molar-refractivity contribution in [3.05, 3.63) is 479 Å². The number of hydrogen-bond donors (Lipinski definition) is 0. The molecule has 0 bridgehead atoms. The van der Waals surface area contributed by atoms with Crippen LogP contribution in [0, 0.1) is 0 Å². The maximum atomic E-state index is 2.43. The molecule has 0 atom stereocenters. The van der Waals surface area contributed by atoms with E-state index in [-0.39, 0.29) is 8.85 Å². The lowest BCUT2D eigenvalue weighted by atomic mass is 9.96. The maximum absolute atomic E-state index is 2.43. The molecule has 0 saturated carbocycles. The number of aromatic nitrogens is 3. The first-order chi connectivity index (χ1) is 59.0. The van der Waals surface area contributed by atoms with E-state index in [0.717, 1.165) is 62.1 Å². The van der Waals surface area contributed by atoms with E-state index in [1.165, 1.54) is 132 Å². The van der Waals surface area contributed by atoms with E-state index in [1.54, 1.807) is 0 Å². The van der Waals surface area contributed by atoms with E-state index in [9.17, 15) is 0 Å². The molecule has 0 aliphatic rings. The van der Waals surface area contributed by atoms with Crippen LogP contribution in [0.1, 0.15) is 8.85 Å². The highest BCUT2D eigenvalue weighted by molar-refractivity contribution is 6.14. The normalized spacial score (nSPS) is 11.3. The van der Waals surface area contributed by atoms with Gasteiger partial charge in [-0.25, -0.2) is 0 Å². The highest BCUT2D eigenvalue weighted by atomic mass is 15.1. The molecular weight excluding hydrogens is 1450 g/mol. The maximum Gasteiger partial charge on any atom is 0.0542 e. The summed E-state index contributed by atoms with van der Waals surface area (Å²) in [5.74, 6) is 0. The third kappa shape index (κ3) is 13.8. The highest BCUT2D eigenvalue weighted by Gasteiger charge is 2.23. The van der Waals surface area contributed by atoms with Crippen molar-refractivity contribution in [1.29, 1.82) is 0 Å². The Labute approximate surface area is 701 Å². The Balaban J connectivity index is 0.000000163. The molecule has 570 valence electrons. The summed E-state index contributed by atoms with van der Waals surface area (Å²) in [6.07, 6.45) is 0. The van der Waals surface area contributed by atoms with Crippen molar-refractivity contribution in [2.75, 3.05) is 9.80 Å². The van der Waals surface area contributed by atoms with E-state index >= 15 is 0 Å². The van der Waals surface area contributed by atoms with Crippen LogP contribution in [-0.4, -0.2) is 13.7 Å². The molecule has 0 amide bonds. The van der Waals surface area contributed by atoms with Gasteiger partial charge in [0.05, 0.1) is 38.8 Å². The van der Waals surface area contributed by atoms with Gasteiger partial charge >= 0.3 is 0 Å². The lowest BCUT2D eigenvalue weighted by Crippen LogP contribution is -2.11. The van der Waals surface area contributed by atoms with Gasteiger partial charge in [-0.3, -0.25) is 0 Å². The molecule has 0 aliphatic carbocycles. The van der Waals surface area contributed by atoms with Crippen molar-refractivity contribution < 1.29 is 1.43 Å². The van der Waals surface area contributed by atoms with Crippen LogP contribution in [-0.2, 0) is 0 Å². The summed E-state index contributed by atoms with van der Waals surface area (Å²) < 4.78 is 7.18. The molecule has 0 spiro atoms. The zero-order valence-corrected chi connectivity index (χ0v) is 65.3. The molecule has 0 fully saturated rings. The summed E-state index contributed by atoms with van der Waals surface area (Å²) in [6.45, 7) is 0. The van der Waals surface area contributed by atoms with Gasteiger partial charge < -0.3 is 23.5 Å². The van der Waals surface area contributed by atoms with Crippen molar-refractivity contribution in [3.63, 3.8) is 0 Å². The van der Waals surface area contributed by atoms with E-state index in [0.29, 0.717) is 0 Å². The molecule has 5 heteroatoms. The van der Waals surface area contributed by atoms with Crippen LogP contribution in [0.2, 0.25) is 0 Å². The molecule has 22 aromatic rings. The smallest absolute Gasteiger partial charge is 0.0542 e. The minimum Gasteiger partial charge on any atom is -0.311 e. The molecule has 19 aromatic carbocycles. The lowest BCUT2D eigenvalue weighted by molar-refractivity contribution is 1.17. The fourth-order valence-electron chi connectivity index (χ4n) is 17.6. The van der Waals surface area contributed by atoms with Gasteiger partial charge in [-0.2, -0.15) is 0 Å². The molecule has 0 unspecified atom stereocenters. The second-order valence-corrected chi connectivity index (χ2v) is 30.4. The van der Waals surface area contributed by atoms with Crippen LogP contribution < -0.4 is 9.80 Å². The van der Waals surface area contributed by atoms with Crippen molar-refractivity contribution >= 4 is 99.5 Å². The number of nitrogens with zero attached hydrogens (tertiary/aromatic N) is 5. The Morgan fingerprint density at radius 1 is 0.150 bits per heavy atom. The molecule has 3 aromatic heterocycles. The second-order valence-electron chi connectivity index (χ2n) is 30.4. The van der Waals surface area contributed by atoms with Crippen LogP contribution in [0.5, 0.6) is 0 Å². The zero-order chi connectivity index (χ0) is 79.0. The molecule has 5 nitrogen and oxygen atoms in total. The van der Waals surface area contributed by atoms with Gasteiger partial charge in [0.2, 0.25) is 0 Å². The summed E-state index contributed by atoms with van der Waals surface area (Å²) in [7, 11) is 0. The van der Waals surface area contributed by atoms with Crippen LogP contribution in [0.25, 0.3) is 160 Å². The quantitative estimate of drug-likeness (QED) is 0.0961. The van der Waals surface area contributed by atoms with Crippen LogP contribution in [0.3, 0.4) is 0 Å². The molecule has 120 heavy (non-hydrogen) atoms. The summed E-state index contributed by atoms with van der Waals surface area (Å²) in [6, 6.07) is 173. The Morgan fingerprint density at radius 2 is 0.383 bits per heavy atom. The zero-order valence-electron chi connectivity index (χ0n) is 65.3. The molecular formula is C115H85N5. The number of anilines is 6. The second kappa shape index (κ2) is 32.1. The van der Waals surface area contributed by atoms with Gasteiger partial charge in [0.15, 0.2) is 0 Å². The fourth-order valence-corrected chi connectivity index (χ4v) is 17.6. The summed E-state index contributed by atoms with van der Waals surface area (Å²) in [4.78, 5) is 4.73. The van der Waals surface area contributed by atoms with Gasteiger partial charge in [-0.15, -0.1) is 0 Å². The Hall–Kier alpha value is -15.8. The third-order valence-electron chi connectivity index (χ3n) is 23.3. The molecule has 0 saturated heterocycles. The fraction of sp³-hybridized carbons (Fsp3) is 0.00870. The van der Waals surface area contributed by atoms with Crippen molar-refractivity contribution in [2.24, 2.45) is 0 Å². The minimum atomic E-state index is 0. The average molecular weight is 1540 g/mol. The lowest BCUT2D eigenvalue weighted by Gasteiger charge is -2.29. The van der Waals surface area contributed by atoms with Crippen LogP contribution in [0.4, 0.5) is 34.1 Å². The topological polar surface area (TPSA) is 21.3 Å². The van der Waals surface area contributed by atoms with Gasteiger partial charge in [-0.1, -0.05) is 329 Å². The molecule has 0 aliphatic heterocycles. The van der Waals surface area contributed by atoms with Crippen molar-refractivity contribution in [1.82, 2.24) is 13.7 Å². The molecule has 3 heterocycles. The Bertz CT molecular complexity index is 7300. The number of benzene rings is 19. The first-order valence-corrected chi connectivity index (χ1v) is 40.8. The van der Waals surface area contributed by atoms with Crippen molar-refractivity contribution in [2.45, 2.75) is 7.43 Å². The number of rotatable bonds is 16. The molecule has 0 radical (unpaired) electrons. The summed E-state index contributed by atoms with van der Waals surface area (Å²) in [5.41, 5.74) is 33.9. The highest BCUT2D eigenvalue weighted by Crippen LogP contribution is 2.47. The van der Waals surface area contributed by atoms with Gasteiger partial charge in [0, 0.05) is 84.8 Å². The van der Waals surface area contributed by atoms with E-state index in [2.05, 4.69) is 503 Å². The van der Waals surface area contributed by atoms with E-state index < -0.39 is 0 Å². The SMILES string of the molecule is C.[HH].c1ccc(-c2ccc(N(c3ccc(-c4ccccc4)cc3)c3ccc(-c4ccc(N(c5ccc(-c6ccccc6)cc5)c5ccc(-c6ccccc6)cc5-c5ccccc5)cc4)cc3)cc2)cc1.c1ccc(-n2c3ccccc3c3cc(-c4ccc5c(c4)c4ccccc4n5-c4ccc5c(c4)c4ccccc4n5-c4ccccc4)ccc32)cc1. The number of hydrogen-bond acceptors (Lipinski definition) is 2. The molecule has 22 rings (SSSR count). The number of fused-ring (bicyclic) bond motifs is 9. The monoisotopic (exact) mass is 1540 g/mol. The van der Waals surface area contributed by atoms with E-state index in [1.807, 2.05) is 0 Å². The first kappa shape index (κ1) is 73.1. The number of para-hydroxylation sites is 5. The summed E-state index contributed by atoms with van der Waals surface area (Å²) >= 11 is 0. The first-order valence-electron chi connectivity index (χ1n) is 40.8. The average Bonchev–Trinajstić information content (AvgIpc) is 1.58. The largest absolute Gasteiger partial charge is 0.311 e. The van der Waals surface area contributed by atoms with Crippen molar-refractivity contribution in [3.8, 4) is 95.0 Å². The van der Waals surface area contributed by atoms with Crippen LogP contribution >= 0.6 is 0 Å². The minimum absolute atomic E-state index is 0. The van der Waals surface area contributed by atoms with Gasteiger partial charge in [-0.05, 0) is 230 Å². The third-order valence-corrected chi connectivity index (χ3v) is 23.3. The predicted octanol–water partition coefficient (Wildman–Crippen LogP) is 32.2. The van der Waals surface area contributed by atoms with E-state index in [4.69, 9.17) is 0 Å². The van der Waals surface area contributed by atoms with Gasteiger partial charge in [0.1, 0.15) is 0 Å². The Kier molecular flexibility index (Phi) is 19.6. The predicted molar refractivity (Wildman–Crippen MR) is 512 cm³/mol.